The van der Waals surface area contributed by atoms with Gasteiger partial charge in [-0.1, -0.05) is 0 Å². The lowest BCUT2D eigenvalue weighted by molar-refractivity contribution is -0.137. The number of halogens is 4. The topological polar surface area (TPSA) is 29.5 Å². The van der Waals surface area contributed by atoms with Crippen molar-refractivity contribution in [2.75, 3.05) is 18.8 Å². The van der Waals surface area contributed by atoms with Crippen molar-refractivity contribution in [1.29, 1.82) is 0 Å². The lowest BCUT2D eigenvalue weighted by Crippen LogP contribution is -2.42. The Balaban J connectivity index is 1.85. The van der Waals surface area contributed by atoms with Gasteiger partial charge in [-0.3, -0.25) is 0 Å². The Hall–Kier alpha value is -1.44. The van der Waals surface area contributed by atoms with E-state index >= 15 is 0 Å². The first-order valence-electron chi connectivity index (χ1n) is 8.42. The van der Waals surface area contributed by atoms with Crippen LogP contribution in [0.4, 0.5) is 22.4 Å². The molecule has 8 heteroatoms. The number of nitrogens with zero attached hydrogens (tertiary/aromatic N) is 1. The van der Waals surface area contributed by atoms with Crippen LogP contribution in [0.3, 0.4) is 0 Å². The molecule has 26 heavy (non-hydrogen) atoms. The van der Waals surface area contributed by atoms with Gasteiger partial charge in [-0.25, -0.2) is 9.18 Å². The Morgan fingerprint density at radius 3 is 2.35 bits per heavy atom. The fourth-order valence-corrected chi connectivity index (χ4v) is 3.80. The molecule has 0 saturated carbocycles. The summed E-state index contributed by atoms with van der Waals surface area (Å²) in [5, 5.41) is 0. The van der Waals surface area contributed by atoms with Crippen LogP contribution in [0, 0.1) is 11.7 Å². The third kappa shape index (κ3) is 6.37. The molecule has 1 heterocycles. The van der Waals surface area contributed by atoms with Crippen molar-refractivity contribution in [3.05, 3.63) is 29.6 Å². The lowest BCUT2D eigenvalue weighted by Gasteiger charge is -2.33. The zero-order chi connectivity index (χ0) is 19.5. The van der Waals surface area contributed by atoms with E-state index in [1.807, 2.05) is 20.8 Å². The van der Waals surface area contributed by atoms with Gasteiger partial charge >= 0.3 is 12.3 Å². The number of carbonyl (C=O) groups excluding carboxylic acids is 1. The molecule has 1 aliphatic heterocycles. The third-order valence-electron chi connectivity index (χ3n) is 3.95. The molecule has 1 saturated heterocycles. The quantitative estimate of drug-likeness (QED) is 0.496. The number of hydrogen-bond acceptors (Lipinski definition) is 3. The average molecular weight is 393 g/mol. The number of benzene rings is 1. The Morgan fingerprint density at radius 1 is 1.19 bits per heavy atom. The summed E-state index contributed by atoms with van der Waals surface area (Å²) in [6.45, 7) is 6.53. The molecular formula is C18H23F4NO2S. The van der Waals surface area contributed by atoms with Crippen LogP contribution in [0.5, 0.6) is 0 Å². The molecule has 0 atom stereocenters. The molecule has 0 radical (unpaired) electrons. The molecule has 1 amide bonds. The Morgan fingerprint density at radius 2 is 1.81 bits per heavy atom. The Kier molecular flexibility index (Phi) is 6.47. The number of amides is 1. The van der Waals surface area contributed by atoms with E-state index in [0.717, 1.165) is 25.0 Å². The average Bonchev–Trinajstić information content (AvgIpc) is 2.50. The number of ether oxygens (including phenoxy) is 1. The maximum absolute atomic E-state index is 13.4. The van der Waals surface area contributed by atoms with Gasteiger partial charge in [-0.05, 0) is 57.7 Å². The minimum atomic E-state index is -4.56. The largest absolute Gasteiger partial charge is 0.444 e. The van der Waals surface area contributed by atoms with Gasteiger partial charge in [0.2, 0.25) is 0 Å². The summed E-state index contributed by atoms with van der Waals surface area (Å²) in [5.74, 6) is -0.0403. The normalized spacial score (nSPS) is 16.7. The zero-order valence-electron chi connectivity index (χ0n) is 15.0. The molecule has 0 N–H and O–H groups in total. The molecule has 1 aliphatic rings. The number of rotatable bonds is 3. The number of carbonyl (C=O) groups is 1. The maximum atomic E-state index is 13.4. The second-order valence-corrected chi connectivity index (χ2v) is 8.49. The van der Waals surface area contributed by atoms with Crippen LogP contribution in [0.1, 0.15) is 39.2 Å². The van der Waals surface area contributed by atoms with Gasteiger partial charge in [0, 0.05) is 23.7 Å². The van der Waals surface area contributed by atoms with E-state index in [4.69, 9.17) is 4.74 Å². The SMILES string of the molecule is CC(C)(C)OC(=O)N1CCC(CSc2cc(F)cc(C(F)(F)F)c2)CC1. The van der Waals surface area contributed by atoms with Crippen LogP contribution in [0.2, 0.25) is 0 Å². The molecule has 1 fully saturated rings. The van der Waals surface area contributed by atoms with Crippen molar-refractivity contribution < 1.29 is 27.1 Å². The summed E-state index contributed by atoms with van der Waals surface area (Å²) in [4.78, 5) is 13.9. The molecule has 0 aromatic heterocycles. The fourth-order valence-electron chi connectivity index (χ4n) is 2.63. The van der Waals surface area contributed by atoms with Crippen LogP contribution < -0.4 is 0 Å². The van der Waals surface area contributed by atoms with Gasteiger partial charge < -0.3 is 9.64 Å². The van der Waals surface area contributed by atoms with Gasteiger partial charge in [0.15, 0.2) is 0 Å². The van der Waals surface area contributed by atoms with Crippen LogP contribution in [-0.2, 0) is 10.9 Å². The van der Waals surface area contributed by atoms with Crippen LogP contribution in [-0.4, -0.2) is 35.4 Å². The van der Waals surface area contributed by atoms with Gasteiger partial charge in [0.05, 0.1) is 5.56 Å². The zero-order valence-corrected chi connectivity index (χ0v) is 15.8. The first-order chi connectivity index (χ1) is 11.9. The molecule has 0 aliphatic carbocycles. The first kappa shape index (κ1) is 20.9. The van der Waals surface area contributed by atoms with Crippen LogP contribution >= 0.6 is 11.8 Å². The van der Waals surface area contributed by atoms with Crippen molar-refractivity contribution >= 4 is 17.9 Å². The molecule has 3 nitrogen and oxygen atoms in total. The molecular weight excluding hydrogens is 370 g/mol. The number of hydrogen-bond donors (Lipinski definition) is 0. The highest BCUT2D eigenvalue weighted by Gasteiger charge is 2.32. The molecule has 0 bridgehead atoms. The van der Waals surface area contributed by atoms with E-state index in [9.17, 15) is 22.4 Å². The van der Waals surface area contributed by atoms with E-state index in [0.29, 0.717) is 24.9 Å². The molecule has 2 rings (SSSR count). The lowest BCUT2D eigenvalue weighted by atomic mass is 9.99. The van der Waals surface area contributed by atoms with Gasteiger partial charge in [0.25, 0.3) is 0 Å². The number of likely N-dealkylation sites (tertiary alicyclic amines) is 1. The van der Waals surface area contributed by atoms with E-state index in [1.165, 1.54) is 11.8 Å². The van der Waals surface area contributed by atoms with Gasteiger partial charge in [-0.2, -0.15) is 13.2 Å². The second-order valence-electron chi connectivity index (χ2n) is 7.40. The second kappa shape index (κ2) is 8.06. The Labute approximate surface area is 155 Å². The predicted molar refractivity (Wildman–Crippen MR) is 92.7 cm³/mol. The molecule has 0 unspecified atom stereocenters. The Bertz CT molecular complexity index is 635. The highest BCUT2D eigenvalue weighted by Crippen LogP contribution is 2.34. The predicted octanol–water partition coefficient (Wildman–Crippen LogP) is 5.58. The highest BCUT2D eigenvalue weighted by atomic mass is 32.2. The molecule has 1 aromatic carbocycles. The monoisotopic (exact) mass is 393 g/mol. The highest BCUT2D eigenvalue weighted by molar-refractivity contribution is 7.99. The number of alkyl halides is 3. The standard InChI is InChI=1S/C18H23F4NO2S/c1-17(2,3)25-16(24)23-6-4-12(5-7-23)11-26-15-9-13(18(20,21)22)8-14(19)10-15/h8-10,12H,4-7,11H2,1-3H3. The van der Waals surface area contributed by atoms with E-state index in [1.54, 1.807) is 4.90 Å². The van der Waals surface area contributed by atoms with E-state index in [-0.39, 0.29) is 16.9 Å². The minimum absolute atomic E-state index is 0.260. The molecule has 0 spiro atoms. The van der Waals surface area contributed by atoms with Crippen LogP contribution in [0.15, 0.2) is 23.1 Å². The number of thioether (sulfide) groups is 1. The molecule has 146 valence electrons. The fraction of sp³-hybridized carbons (Fsp3) is 0.611. The summed E-state index contributed by atoms with van der Waals surface area (Å²) in [6.07, 6.45) is -3.42. The van der Waals surface area contributed by atoms with Crippen molar-refractivity contribution in [2.24, 2.45) is 5.92 Å². The van der Waals surface area contributed by atoms with Crippen molar-refractivity contribution in [2.45, 2.75) is 50.3 Å². The summed E-state index contributed by atoms with van der Waals surface area (Å²) in [7, 11) is 0. The van der Waals surface area contributed by atoms with Gasteiger partial charge in [0.1, 0.15) is 11.4 Å². The smallest absolute Gasteiger partial charge is 0.416 e. The maximum Gasteiger partial charge on any atom is 0.416 e. The van der Waals surface area contributed by atoms with Gasteiger partial charge in [-0.15, -0.1) is 11.8 Å². The summed E-state index contributed by atoms with van der Waals surface area (Å²) < 4.78 is 57.0. The molecule has 1 aromatic rings. The van der Waals surface area contributed by atoms with Crippen molar-refractivity contribution in [3.8, 4) is 0 Å². The minimum Gasteiger partial charge on any atom is -0.444 e. The first-order valence-corrected chi connectivity index (χ1v) is 9.41. The van der Waals surface area contributed by atoms with Crippen molar-refractivity contribution in [1.82, 2.24) is 4.90 Å². The third-order valence-corrected chi connectivity index (χ3v) is 5.16. The van der Waals surface area contributed by atoms with E-state index < -0.39 is 23.2 Å². The van der Waals surface area contributed by atoms with Crippen LogP contribution in [0.25, 0.3) is 0 Å². The summed E-state index contributed by atoms with van der Waals surface area (Å²) in [5.41, 5.74) is -1.52. The van der Waals surface area contributed by atoms with E-state index in [2.05, 4.69) is 0 Å². The number of piperidine rings is 1. The van der Waals surface area contributed by atoms with Crippen molar-refractivity contribution in [3.63, 3.8) is 0 Å². The summed E-state index contributed by atoms with van der Waals surface area (Å²) in [6, 6.07) is 2.60. The summed E-state index contributed by atoms with van der Waals surface area (Å²) >= 11 is 1.22.